The number of rotatable bonds is 5. The summed E-state index contributed by atoms with van der Waals surface area (Å²) in [5, 5.41) is 3.34. The van der Waals surface area contributed by atoms with Crippen LogP contribution in [-0.4, -0.2) is 24.2 Å². The highest BCUT2D eigenvalue weighted by Gasteiger charge is 2.13. The van der Waals surface area contributed by atoms with Crippen molar-refractivity contribution in [2.75, 3.05) is 19.5 Å². The van der Waals surface area contributed by atoms with Gasteiger partial charge in [-0.3, -0.25) is 0 Å². The third-order valence-electron chi connectivity index (χ3n) is 4.37. The van der Waals surface area contributed by atoms with Gasteiger partial charge < -0.3 is 14.8 Å². The molecule has 3 rings (SSSR count). The average molecular weight is 363 g/mol. The Balaban J connectivity index is 1.84. The van der Waals surface area contributed by atoms with Gasteiger partial charge >= 0.3 is 0 Å². The van der Waals surface area contributed by atoms with Crippen LogP contribution in [0, 0.1) is 0 Å². The summed E-state index contributed by atoms with van der Waals surface area (Å²) < 4.78 is 10.7. The van der Waals surface area contributed by atoms with E-state index < -0.39 is 0 Å². The molecule has 0 fully saturated rings. The lowest BCUT2D eigenvalue weighted by Gasteiger charge is -2.19. The van der Waals surface area contributed by atoms with Crippen molar-refractivity contribution in [2.24, 2.45) is 0 Å². The highest BCUT2D eigenvalue weighted by molar-refractivity contribution is 5.68. The fraction of sp³-hybridized carbons (Fsp3) is 0.273. The summed E-state index contributed by atoms with van der Waals surface area (Å²) in [5.41, 5.74) is 4.15. The van der Waals surface area contributed by atoms with Gasteiger partial charge in [0.2, 0.25) is 0 Å². The molecule has 0 spiro atoms. The SMILES string of the molecule is COc1ccc(-c2cc(Nc3ccc(C(C)(C)C)cc3)ncn2)cc1OC. The maximum absolute atomic E-state index is 5.38. The van der Waals surface area contributed by atoms with E-state index in [0.29, 0.717) is 11.5 Å². The molecule has 0 bridgehead atoms. The van der Waals surface area contributed by atoms with Gasteiger partial charge in [0.25, 0.3) is 0 Å². The molecule has 0 aliphatic carbocycles. The van der Waals surface area contributed by atoms with E-state index in [4.69, 9.17) is 9.47 Å². The largest absolute Gasteiger partial charge is 0.493 e. The number of nitrogens with one attached hydrogen (secondary N) is 1. The fourth-order valence-electron chi connectivity index (χ4n) is 2.78. The number of hydrogen-bond donors (Lipinski definition) is 1. The zero-order valence-corrected chi connectivity index (χ0v) is 16.4. The minimum absolute atomic E-state index is 0.133. The summed E-state index contributed by atoms with van der Waals surface area (Å²) in [5.74, 6) is 2.09. The summed E-state index contributed by atoms with van der Waals surface area (Å²) in [6, 6.07) is 16.1. The molecule has 27 heavy (non-hydrogen) atoms. The Morgan fingerprint density at radius 3 is 2.15 bits per heavy atom. The van der Waals surface area contributed by atoms with Crippen LogP contribution in [0.25, 0.3) is 11.3 Å². The fourth-order valence-corrected chi connectivity index (χ4v) is 2.78. The molecule has 0 radical (unpaired) electrons. The van der Waals surface area contributed by atoms with Gasteiger partial charge in [-0.15, -0.1) is 0 Å². The van der Waals surface area contributed by atoms with Crippen LogP contribution >= 0.6 is 0 Å². The molecule has 5 heteroatoms. The van der Waals surface area contributed by atoms with E-state index in [1.165, 1.54) is 5.56 Å². The zero-order chi connectivity index (χ0) is 19.4. The summed E-state index contributed by atoms with van der Waals surface area (Å²) in [6.07, 6.45) is 1.55. The number of benzene rings is 2. The molecule has 0 unspecified atom stereocenters. The van der Waals surface area contributed by atoms with Crippen molar-refractivity contribution in [1.29, 1.82) is 0 Å². The molecule has 0 saturated carbocycles. The van der Waals surface area contributed by atoms with Crippen LogP contribution < -0.4 is 14.8 Å². The quantitative estimate of drug-likeness (QED) is 0.675. The highest BCUT2D eigenvalue weighted by atomic mass is 16.5. The van der Waals surface area contributed by atoms with Crippen molar-refractivity contribution in [3.63, 3.8) is 0 Å². The minimum atomic E-state index is 0.133. The lowest BCUT2D eigenvalue weighted by atomic mass is 9.87. The number of hydrogen-bond acceptors (Lipinski definition) is 5. The lowest BCUT2D eigenvalue weighted by molar-refractivity contribution is 0.355. The van der Waals surface area contributed by atoms with Crippen molar-refractivity contribution in [3.8, 4) is 22.8 Å². The first-order chi connectivity index (χ1) is 12.9. The number of methoxy groups -OCH3 is 2. The average Bonchev–Trinajstić information content (AvgIpc) is 2.67. The Morgan fingerprint density at radius 2 is 1.52 bits per heavy atom. The maximum atomic E-state index is 5.38. The zero-order valence-electron chi connectivity index (χ0n) is 16.4. The van der Waals surface area contributed by atoms with Crippen LogP contribution in [0.15, 0.2) is 54.9 Å². The molecule has 0 amide bonds. The van der Waals surface area contributed by atoms with Gasteiger partial charge in [-0.2, -0.15) is 0 Å². The Bertz CT molecular complexity index is 916. The monoisotopic (exact) mass is 363 g/mol. The summed E-state index contributed by atoms with van der Waals surface area (Å²) in [6.45, 7) is 6.61. The summed E-state index contributed by atoms with van der Waals surface area (Å²) >= 11 is 0. The molecule has 2 aromatic carbocycles. The molecule has 1 N–H and O–H groups in total. The van der Waals surface area contributed by atoms with Gasteiger partial charge in [0.15, 0.2) is 11.5 Å². The lowest BCUT2D eigenvalue weighted by Crippen LogP contribution is -2.10. The van der Waals surface area contributed by atoms with Gasteiger partial charge in [-0.25, -0.2) is 9.97 Å². The van der Waals surface area contributed by atoms with Crippen LogP contribution in [0.2, 0.25) is 0 Å². The van der Waals surface area contributed by atoms with Crippen molar-refractivity contribution in [2.45, 2.75) is 26.2 Å². The van der Waals surface area contributed by atoms with E-state index in [1.54, 1.807) is 20.5 Å². The number of anilines is 2. The normalized spacial score (nSPS) is 11.1. The van der Waals surface area contributed by atoms with Crippen molar-refractivity contribution in [3.05, 3.63) is 60.4 Å². The second-order valence-corrected chi connectivity index (χ2v) is 7.31. The van der Waals surface area contributed by atoms with Gasteiger partial charge in [-0.1, -0.05) is 32.9 Å². The van der Waals surface area contributed by atoms with Crippen molar-refractivity contribution in [1.82, 2.24) is 9.97 Å². The predicted molar refractivity (Wildman–Crippen MR) is 109 cm³/mol. The molecular formula is C22H25N3O2. The van der Waals surface area contributed by atoms with Gasteiger partial charge in [-0.05, 0) is 41.3 Å². The second kappa shape index (κ2) is 7.66. The van der Waals surface area contributed by atoms with Crippen LogP contribution in [0.5, 0.6) is 11.5 Å². The van der Waals surface area contributed by atoms with E-state index in [2.05, 4.69) is 60.3 Å². The van der Waals surface area contributed by atoms with Gasteiger partial charge in [0.05, 0.1) is 19.9 Å². The second-order valence-electron chi connectivity index (χ2n) is 7.31. The minimum Gasteiger partial charge on any atom is -0.493 e. The smallest absolute Gasteiger partial charge is 0.161 e. The first-order valence-corrected chi connectivity index (χ1v) is 8.83. The Kier molecular flexibility index (Phi) is 5.31. The molecule has 140 valence electrons. The predicted octanol–water partition coefficient (Wildman–Crippen LogP) is 5.20. The van der Waals surface area contributed by atoms with E-state index in [-0.39, 0.29) is 5.41 Å². The Labute approximate surface area is 160 Å². The summed E-state index contributed by atoms with van der Waals surface area (Å²) in [7, 11) is 3.24. The standard InChI is InChI=1S/C22H25N3O2/c1-22(2,3)16-7-9-17(10-8-16)25-21-13-18(23-14-24-21)15-6-11-19(26-4)20(12-15)27-5/h6-14H,1-5H3,(H,23,24,25). The molecule has 0 aliphatic rings. The van der Waals surface area contributed by atoms with Crippen molar-refractivity contribution >= 4 is 11.5 Å². The van der Waals surface area contributed by atoms with E-state index >= 15 is 0 Å². The summed E-state index contributed by atoms with van der Waals surface area (Å²) in [4.78, 5) is 8.71. The van der Waals surface area contributed by atoms with E-state index in [0.717, 1.165) is 22.8 Å². The van der Waals surface area contributed by atoms with E-state index in [9.17, 15) is 0 Å². The van der Waals surface area contributed by atoms with Crippen LogP contribution in [0.3, 0.4) is 0 Å². The third-order valence-corrected chi connectivity index (χ3v) is 4.37. The first kappa shape index (κ1) is 18.7. The molecule has 0 aliphatic heterocycles. The van der Waals surface area contributed by atoms with Crippen LogP contribution in [0.4, 0.5) is 11.5 Å². The van der Waals surface area contributed by atoms with Crippen LogP contribution in [0.1, 0.15) is 26.3 Å². The highest BCUT2D eigenvalue weighted by Crippen LogP contribution is 2.32. The molecule has 0 atom stereocenters. The maximum Gasteiger partial charge on any atom is 0.161 e. The molecule has 3 aromatic rings. The van der Waals surface area contributed by atoms with Crippen molar-refractivity contribution < 1.29 is 9.47 Å². The van der Waals surface area contributed by atoms with Crippen LogP contribution in [-0.2, 0) is 5.41 Å². The number of ether oxygens (including phenoxy) is 2. The molecule has 1 aromatic heterocycles. The first-order valence-electron chi connectivity index (χ1n) is 8.83. The van der Waals surface area contributed by atoms with E-state index in [1.807, 2.05) is 24.3 Å². The molecule has 1 heterocycles. The number of aromatic nitrogens is 2. The Hall–Kier alpha value is -3.08. The topological polar surface area (TPSA) is 56.3 Å². The Morgan fingerprint density at radius 1 is 0.815 bits per heavy atom. The molecular weight excluding hydrogens is 338 g/mol. The molecule has 0 saturated heterocycles. The van der Waals surface area contributed by atoms with Gasteiger partial charge in [0.1, 0.15) is 12.1 Å². The number of nitrogens with zero attached hydrogens (tertiary/aromatic N) is 2. The van der Waals surface area contributed by atoms with Gasteiger partial charge in [0, 0.05) is 17.3 Å². The third kappa shape index (κ3) is 4.37. The molecule has 5 nitrogen and oxygen atoms in total.